The molecule has 1 amide bonds. The average Bonchev–Trinajstić information content (AvgIpc) is 3.04. The first kappa shape index (κ1) is 16.9. The van der Waals surface area contributed by atoms with E-state index in [2.05, 4.69) is 10.4 Å². The van der Waals surface area contributed by atoms with Gasteiger partial charge in [0.25, 0.3) is 11.7 Å². The Kier molecular flexibility index (Phi) is 5.65. The number of nitrogens with one attached hydrogen (secondary N) is 1. The van der Waals surface area contributed by atoms with E-state index in [0.717, 1.165) is 5.69 Å². The van der Waals surface area contributed by atoms with Gasteiger partial charge in [0.2, 0.25) is 0 Å². The van der Waals surface area contributed by atoms with Gasteiger partial charge in [-0.05, 0) is 24.5 Å². The van der Waals surface area contributed by atoms with Crippen LogP contribution in [0.25, 0.3) is 5.69 Å². The zero-order valence-electron chi connectivity index (χ0n) is 13.3. The molecule has 2 aromatic rings. The van der Waals surface area contributed by atoms with Crippen LogP contribution in [0.3, 0.4) is 0 Å². The molecule has 0 aliphatic rings. The second-order valence-electron chi connectivity index (χ2n) is 5.69. The highest BCUT2D eigenvalue weighted by molar-refractivity contribution is 6.42. The molecule has 2 N–H and O–H groups in total. The second kappa shape index (κ2) is 7.69. The summed E-state index contributed by atoms with van der Waals surface area (Å²) < 4.78 is 1.54. The Morgan fingerprint density at radius 3 is 2.61 bits per heavy atom. The topological polar surface area (TPSA) is 84.2 Å². The standard InChI is InChI=1S/C17H21N3O3/c1-12(2)15(21)8-9-18-17(23)16(22)13-10-19-20(11-13)14-6-4-3-5-7-14/h3-7,10-12,15,21H,8-9H2,1-2H3,(H,18,23). The minimum Gasteiger partial charge on any atom is -0.393 e. The van der Waals surface area contributed by atoms with Crippen molar-refractivity contribution in [2.75, 3.05) is 6.54 Å². The normalized spacial score (nSPS) is 12.2. The largest absolute Gasteiger partial charge is 0.393 e. The van der Waals surface area contributed by atoms with E-state index in [0.29, 0.717) is 6.42 Å². The summed E-state index contributed by atoms with van der Waals surface area (Å²) in [5, 5.41) is 16.3. The van der Waals surface area contributed by atoms with Gasteiger partial charge in [-0.25, -0.2) is 4.68 Å². The van der Waals surface area contributed by atoms with Crippen LogP contribution in [-0.4, -0.2) is 39.2 Å². The monoisotopic (exact) mass is 315 g/mol. The van der Waals surface area contributed by atoms with Crippen molar-refractivity contribution in [3.63, 3.8) is 0 Å². The summed E-state index contributed by atoms with van der Waals surface area (Å²) >= 11 is 0. The number of ketones is 1. The molecule has 0 aliphatic heterocycles. The molecule has 6 heteroatoms. The molecule has 2 rings (SSSR count). The van der Waals surface area contributed by atoms with Crippen molar-refractivity contribution in [1.29, 1.82) is 0 Å². The maximum atomic E-state index is 12.1. The minimum absolute atomic E-state index is 0.117. The van der Waals surface area contributed by atoms with Crippen molar-refractivity contribution < 1.29 is 14.7 Å². The Labute approximate surface area is 135 Å². The van der Waals surface area contributed by atoms with E-state index in [1.54, 1.807) is 4.68 Å². The highest BCUT2D eigenvalue weighted by atomic mass is 16.3. The van der Waals surface area contributed by atoms with Crippen LogP contribution in [0.15, 0.2) is 42.7 Å². The molecule has 122 valence electrons. The number of benzene rings is 1. The number of Topliss-reactive ketones (excluding diaryl/α,β-unsaturated/α-hetero) is 1. The molecular formula is C17H21N3O3. The number of aromatic nitrogens is 2. The molecule has 0 saturated heterocycles. The summed E-state index contributed by atoms with van der Waals surface area (Å²) in [6.45, 7) is 4.06. The van der Waals surface area contributed by atoms with E-state index in [-0.39, 0.29) is 18.0 Å². The fourth-order valence-electron chi connectivity index (χ4n) is 2.04. The SMILES string of the molecule is CC(C)C(O)CCNC(=O)C(=O)c1cnn(-c2ccccc2)c1. The lowest BCUT2D eigenvalue weighted by atomic mass is 10.0. The third kappa shape index (κ3) is 4.50. The smallest absolute Gasteiger partial charge is 0.292 e. The number of hydrogen-bond acceptors (Lipinski definition) is 4. The van der Waals surface area contributed by atoms with Gasteiger partial charge in [0.15, 0.2) is 0 Å². The lowest BCUT2D eigenvalue weighted by Gasteiger charge is -2.14. The van der Waals surface area contributed by atoms with Gasteiger partial charge in [-0.3, -0.25) is 9.59 Å². The number of para-hydroxylation sites is 1. The van der Waals surface area contributed by atoms with Crippen LogP contribution in [0.2, 0.25) is 0 Å². The molecule has 0 bridgehead atoms. The van der Waals surface area contributed by atoms with Crippen LogP contribution < -0.4 is 5.32 Å². The zero-order chi connectivity index (χ0) is 16.8. The van der Waals surface area contributed by atoms with E-state index in [9.17, 15) is 14.7 Å². The van der Waals surface area contributed by atoms with Crippen LogP contribution >= 0.6 is 0 Å². The molecule has 1 aromatic carbocycles. The number of aliphatic hydroxyl groups is 1. The van der Waals surface area contributed by atoms with E-state index in [1.165, 1.54) is 12.4 Å². The molecule has 1 aromatic heterocycles. The van der Waals surface area contributed by atoms with Crippen LogP contribution in [-0.2, 0) is 4.79 Å². The third-order valence-corrected chi connectivity index (χ3v) is 3.57. The molecular weight excluding hydrogens is 294 g/mol. The van der Waals surface area contributed by atoms with Gasteiger partial charge in [-0.15, -0.1) is 0 Å². The Morgan fingerprint density at radius 2 is 1.96 bits per heavy atom. The van der Waals surface area contributed by atoms with Crippen molar-refractivity contribution in [2.45, 2.75) is 26.4 Å². The highest BCUT2D eigenvalue weighted by Crippen LogP contribution is 2.08. The number of rotatable bonds is 7. The fourth-order valence-corrected chi connectivity index (χ4v) is 2.04. The maximum absolute atomic E-state index is 12.1. The number of hydrogen-bond donors (Lipinski definition) is 2. The number of aliphatic hydroxyl groups excluding tert-OH is 1. The molecule has 0 aliphatic carbocycles. The first-order valence-corrected chi connectivity index (χ1v) is 7.59. The number of nitrogens with zero attached hydrogens (tertiary/aromatic N) is 2. The Bertz CT molecular complexity index is 665. The van der Waals surface area contributed by atoms with E-state index in [4.69, 9.17) is 0 Å². The average molecular weight is 315 g/mol. The summed E-state index contributed by atoms with van der Waals surface area (Å²) in [5.74, 6) is -1.20. The van der Waals surface area contributed by atoms with Gasteiger partial charge in [0.05, 0.1) is 23.6 Å². The van der Waals surface area contributed by atoms with Crippen LogP contribution in [0, 0.1) is 5.92 Å². The molecule has 6 nitrogen and oxygen atoms in total. The molecule has 0 spiro atoms. The molecule has 23 heavy (non-hydrogen) atoms. The lowest BCUT2D eigenvalue weighted by Crippen LogP contribution is -2.33. The molecule has 0 fully saturated rings. The number of carbonyl (C=O) groups excluding carboxylic acids is 2. The summed E-state index contributed by atoms with van der Waals surface area (Å²) in [5.41, 5.74) is 1.04. The predicted octanol–water partition coefficient (Wildman–Crippen LogP) is 1.58. The number of amides is 1. The van der Waals surface area contributed by atoms with Crippen molar-refractivity contribution in [3.05, 3.63) is 48.3 Å². The summed E-state index contributed by atoms with van der Waals surface area (Å²) in [7, 11) is 0. The first-order valence-electron chi connectivity index (χ1n) is 7.59. The van der Waals surface area contributed by atoms with E-state index >= 15 is 0 Å². The molecule has 0 saturated carbocycles. The molecule has 1 atom stereocenters. The first-order chi connectivity index (χ1) is 11.0. The lowest BCUT2D eigenvalue weighted by molar-refractivity contribution is -0.117. The third-order valence-electron chi connectivity index (χ3n) is 3.57. The van der Waals surface area contributed by atoms with Gasteiger partial charge in [-0.1, -0.05) is 32.0 Å². The van der Waals surface area contributed by atoms with E-state index < -0.39 is 17.8 Å². The van der Waals surface area contributed by atoms with Gasteiger partial charge in [0, 0.05) is 12.7 Å². The van der Waals surface area contributed by atoms with Gasteiger partial charge in [-0.2, -0.15) is 5.10 Å². The Balaban J connectivity index is 1.93. The van der Waals surface area contributed by atoms with Crippen LogP contribution in [0.1, 0.15) is 30.6 Å². The minimum atomic E-state index is -0.687. The maximum Gasteiger partial charge on any atom is 0.292 e. The van der Waals surface area contributed by atoms with Gasteiger partial charge < -0.3 is 10.4 Å². The Hall–Kier alpha value is -2.47. The molecule has 1 heterocycles. The summed E-state index contributed by atoms with van der Waals surface area (Å²) in [6, 6.07) is 9.33. The van der Waals surface area contributed by atoms with Gasteiger partial charge >= 0.3 is 0 Å². The predicted molar refractivity (Wildman–Crippen MR) is 86.4 cm³/mol. The van der Waals surface area contributed by atoms with Crippen LogP contribution in [0.5, 0.6) is 0 Å². The van der Waals surface area contributed by atoms with E-state index in [1.807, 2.05) is 44.2 Å². The van der Waals surface area contributed by atoms with Crippen LogP contribution in [0.4, 0.5) is 0 Å². The second-order valence-corrected chi connectivity index (χ2v) is 5.69. The Morgan fingerprint density at radius 1 is 1.26 bits per heavy atom. The zero-order valence-corrected chi connectivity index (χ0v) is 13.3. The van der Waals surface area contributed by atoms with Crippen molar-refractivity contribution >= 4 is 11.7 Å². The summed E-state index contributed by atoms with van der Waals surface area (Å²) in [6.07, 6.45) is 2.82. The quantitative estimate of drug-likeness (QED) is 0.600. The van der Waals surface area contributed by atoms with Crippen molar-refractivity contribution in [2.24, 2.45) is 5.92 Å². The summed E-state index contributed by atoms with van der Waals surface area (Å²) in [4.78, 5) is 23.9. The molecule has 1 unspecified atom stereocenters. The fraction of sp³-hybridized carbons (Fsp3) is 0.353. The van der Waals surface area contributed by atoms with Crippen molar-refractivity contribution in [1.82, 2.24) is 15.1 Å². The number of carbonyl (C=O) groups is 2. The molecule has 0 radical (unpaired) electrons. The highest BCUT2D eigenvalue weighted by Gasteiger charge is 2.18. The van der Waals surface area contributed by atoms with Crippen molar-refractivity contribution in [3.8, 4) is 5.69 Å². The van der Waals surface area contributed by atoms with Gasteiger partial charge in [0.1, 0.15) is 0 Å².